The fourth-order valence-corrected chi connectivity index (χ4v) is 2.68. The summed E-state index contributed by atoms with van der Waals surface area (Å²) in [6, 6.07) is 8.09. The predicted molar refractivity (Wildman–Crippen MR) is 68.7 cm³/mol. The summed E-state index contributed by atoms with van der Waals surface area (Å²) < 4.78 is 1.10. The molecule has 0 saturated carbocycles. The summed E-state index contributed by atoms with van der Waals surface area (Å²) in [5, 5.41) is -0.00767. The molecule has 2 nitrogen and oxygen atoms in total. The Morgan fingerprint density at radius 3 is 2.81 bits per heavy atom. The van der Waals surface area contributed by atoms with Gasteiger partial charge >= 0.3 is 0 Å². The molecule has 0 radical (unpaired) electrons. The zero-order chi connectivity index (χ0) is 11.5. The van der Waals surface area contributed by atoms with Crippen LogP contribution in [0, 0.1) is 0 Å². The van der Waals surface area contributed by atoms with Gasteiger partial charge in [0.15, 0.2) is 0 Å². The topological polar surface area (TPSA) is 20.3 Å². The molecule has 1 amide bonds. The van der Waals surface area contributed by atoms with Crippen molar-refractivity contribution in [2.75, 3.05) is 13.1 Å². The molecular weight excluding hydrogens is 289 g/mol. The van der Waals surface area contributed by atoms with Crippen LogP contribution in [0.15, 0.2) is 28.7 Å². The molecule has 2 rings (SSSR count). The maximum absolute atomic E-state index is 11.5. The van der Waals surface area contributed by atoms with Crippen LogP contribution in [0.1, 0.15) is 12.0 Å². The van der Waals surface area contributed by atoms with Crippen LogP contribution in [0.4, 0.5) is 0 Å². The van der Waals surface area contributed by atoms with Crippen molar-refractivity contribution in [3.63, 3.8) is 0 Å². The zero-order valence-electron chi connectivity index (χ0n) is 8.83. The molecular formula is C12H13BrClNO. The first-order valence-electron chi connectivity index (χ1n) is 5.32. The third kappa shape index (κ3) is 2.77. The Kier molecular flexibility index (Phi) is 3.87. The Balaban J connectivity index is 1.93. The molecule has 4 heteroatoms. The molecule has 0 bridgehead atoms. The van der Waals surface area contributed by atoms with Crippen LogP contribution >= 0.6 is 27.5 Å². The molecule has 1 fully saturated rings. The van der Waals surface area contributed by atoms with Gasteiger partial charge < -0.3 is 4.90 Å². The molecule has 0 N–H and O–H groups in total. The average molecular weight is 303 g/mol. The van der Waals surface area contributed by atoms with Crippen molar-refractivity contribution in [2.45, 2.75) is 18.2 Å². The highest BCUT2D eigenvalue weighted by Crippen LogP contribution is 2.19. The van der Waals surface area contributed by atoms with E-state index in [0.29, 0.717) is 13.0 Å². The van der Waals surface area contributed by atoms with Crippen molar-refractivity contribution >= 4 is 33.4 Å². The monoisotopic (exact) mass is 301 g/mol. The first-order chi connectivity index (χ1) is 7.66. The molecule has 1 atom stereocenters. The third-order valence-electron chi connectivity index (χ3n) is 2.78. The van der Waals surface area contributed by atoms with Gasteiger partial charge in [-0.3, -0.25) is 4.79 Å². The molecule has 0 spiro atoms. The molecule has 16 heavy (non-hydrogen) atoms. The average Bonchev–Trinajstić information content (AvgIpc) is 2.56. The van der Waals surface area contributed by atoms with Crippen molar-refractivity contribution in [3.8, 4) is 0 Å². The lowest BCUT2D eigenvalue weighted by atomic mass is 10.1. The molecule has 1 aliphatic heterocycles. The van der Waals surface area contributed by atoms with Crippen molar-refractivity contribution in [1.29, 1.82) is 0 Å². The van der Waals surface area contributed by atoms with Crippen molar-refractivity contribution in [1.82, 2.24) is 4.90 Å². The van der Waals surface area contributed by atoms with Crippen LogP contribution in [-0.2, 0) is 11.2 Å². The van der Waals surface area contributed by atoms with Gasteiger partial charge in [-0.2, -0.15) is 0 Å². The standard InChI is InChI=1S/C12H13BrClNO/c13-11-4-2-1-3-9(11)5-6-15-8-10(14)7-12(15)16/h1-4,10H,5-8H2. The summed E-state index contributed by atoms with van der Waals surface area (Å²) in [5.41, 5.74) is 1.23. The second-order valence-electron chi connectivity index (χ2n) is 3.98. The largest absolute Gasteiger partial charge is 0.341 e. The third-order valence-corrected chi connectivity index (χ3v) is 3.84. The van der Waals surface area contributed by atoms with Gasteiger partial charge in [-0.05, 0) is 18.1 Å². The number of carbonyl (C=O) groups is 1. The van der Waals surface area contributed by atoms with Crippen LogP contribution in [0.25, 0.3) is 0 Å². The number of hydrogen-bond acceptors (Lipinski definition) is 1. The Hall–Kier alpha value is -0.540. The number of alkyl halides is 1. The van der Waals surface area contributed by atoms with E-state index >= 15 is 0 Å². The van der Waals surface area contributed by atoms with Gasteiger partial charge in [0, 0.05) is 24.0 Å². The fraction of sp³-hybridized carbons (Fsp3) is 0.417. The fourth-order valence-electron chi connectivity index (χ4n) is 1.90. The molecule has 0 aromatic heterocycles. The normalized spacial score (nSPS) is 20.5. The van der Waals surface area contributed by atoms with Crippen LogP contribution in [-0.4, -0.2) is 29.3 Å². The highest BCUT2D eigenvalue weighted by atomic mass is 79.9. The molecule has 1 aliphatic rings. The van der Waals surface area contributed by atoms with Gasteiger partial charge in [-0.15, -0.1) is 11.6 Å². The van der Waals surface area contributed by atoms with Crippen molar-refractivity contribution in [3.05, 3.63) is 34.3 Å². The van der Waals surface area contributed by atoms with E-state index in [9.17, 15) is 4.79 Å². The lowest BCUT2D eigenvalue weighted by molar-refractivity contribution is -0.127. The van der Waals surface area contributed by atoms with Crippen LogP contribution < -0.4 is 0 Å². The SMILES string of the molecule is O=C1CC(Cl)CN1CCc1ccccc1Br. The lowest BCUT2D eigenvalue weighted by Gasteiger charge is -2.15. The van der Waals surface area contributed by atoms with Gasteiger partial charge in [0.05, 0.1) is 5.38 Å². The van der Waals surface area contributed by atoms with Crippen molar-refractivity contribution < 1.29 is 4.79 Å². The summed E-state index contributed by atoms with van der Waals surface area (Å²) in [4.78, 5) is 13.4. The van der Waals surface area contributed by atoms with E-state index in [1.807, 2.05) is 23.1 Å². The van der Waals surface area contributed by atoms with Gasteiger partial charge in [-0.25, -0.2) is 0 Å². The Morgan fingerprint density at radius 1 is 1.44 bits per heavy atom. The van der Waals surface area contributed by atoms with E-state index in [1.54, 1.807) is 0 Å². The molecule has 1 unspecified atom stereocenters. The van der Waals surface area contributed by atoms with E-state index in [2.05, 4.69) is 22.0 Å². The first-order valence-corrected chi connectivity index (χ1v) is 6.55. The summed E-state index contributed by atoms with van der Waals surface area (Å²) >= 11 is 9.45. The Labute approximate surface area is 109 Å². The second kappa shape index (κ2) is 5.19. The highest BCUT2D eigenvalue weighted by Gasteiger charge is 2.27. The summed E-state index contributed by atoms with van der Waals surface area (Å²) in [5.74, 6) is 0.173. The Morgan fingerprint density at radius 2 is 2.19 bits per heavy atom. The minimum atomic E-state index is -0.00767. The van der Waals surface area contributed by atoms with Gasteiger partial charge in [0.2, 0.25) is 5.91 Å². The van der Waals surface area contributed by atoms with Crippen LogP contribution in [0.2, 0.25) is 0 Å². The molecule has 1 heterocycles. The van der Waals surface area contributed by atoms with Gasteiger partial charge in [-0.1, -0.05) is 34.1 Å². The van der Waals surface area contributed by atoms with Crippen LogP contribution in [0.5, 0.6) is 0 Å². The number of halogens is 2. The number of rotatable bonds is 3. The number of benzene rings is 1. The molecule has 0 aliphatic carbocycles. The van der Waals surface area contributed by atoms with E-state index < -0.39 is 0 Å². The molecule has 1 saturated heterocycles. The van der Waals surface area contributed by atoms with Gasteiger partial charge in [0.25, 0.3) is 0 Å². The summed E-state index contributed by atoms with van der Waals surface area (Å²) in [6.07, 6.45) is 1.36. The number of carbonyl (C=O) groups excluding carboxylic acids is 1. The lowest BCUT2D eigenvalue weighted by Crippen LogP contribution is -2.27. The van der Waals surface area contributed by atoms with Crippen LogP contribution in [0.3, 0.4) is 0 Å². The first kappa shape index (κ1) is 11.9. The number of likely N-dealkylation sites (tertiary alicyclic amines) is 1. The second-order valence-corrected chi connectivity index (χ2v) is 5.45. The van der Waals surface area contributed by atoms with Gasteiger partial charge in [0.1, 0.15) is 0 Å². The number of amides is 1. The molecule has 86 valence electrons. The predicted octanol–water partition coefficient (Wildman–Crippen LogP) is 2.83. The smallest absolute Gasteiger partial charge is 0.224 e. The number of hydrogen-bond donors (Lipinski definition) is 0. The maximum atomic E-state index is 11.5. The number of nitrogens with zero attached hydrogens (tertiary/aromatic N) is 1. The van der Waals surface area contributed by atoms with E-state index in [4.69, 9.17) is 11.6 Å². The zero-order valence-corrected chi connectivity index (χ0v) is 11.2. The van der Waals surface area contributed by atoms with Crippen molar-refractivity contribution in [2.24, 2.45) is 0 Å². The Bertz CT molecular complexity index is 396. The maximum Gasteiger partial charge on any atom is 0.224 e. The summed E-state index contributed by atoms with van der Waals surface area (Å²) in [7, 11) is 0. The quantitative estimate of drug-likeness (QED) is 0.786. The minimum absolute atomic E-state index is 0.00767. The molecule has 1 aromatic carbocycles. The minimum Gasteiger partial charge on any atom is -0.341 e. The highest BCUT2D eigenvalue weighted by molar-refractivity contribution is 9.10. The van der Waals surface area contributed by atoms with E-state index in [-0.39, 0.29) is 11.3 Å². The molecule has 1 aromatic rings. The van der Waals surface area contributed by atoms with E-state index in [1.165, 1.54) is 5.56 Å². The van der Waals surface area contributed by atoms with E-state index in [0.717, 1.165) is 17.4 Å². The summed E-state index contributed by atoms with van der Waals surface area (Å²) in [6.45, 7) is 1.44.